The van der Waals surface area contributed by atoms with Gasteiger partial charge in [0.25, 0.3) is 0 Å². The number of likely N-dealkylation sites (N-methyl/N-ethyl adjacent to an activating group) is 1. The smallest absolute Gasteiger partial charge is 0.117 e. The highest BCUT2D eigenvalue weighted by atomic mass is 16.5. The lowest BCUT2D eigenvalue weighted by molar-refractivity contribution is -0.0105. The molecule has 2 rings (SSSR count). The normalized spacial score (nSPS) is 34.8. The van der Waals surface area contributed by atoms with Gasteiger partial charge >= 0.3 is 0 Å². The van der Waals surface area contributed by atoms with Crippen molar-refractivity contribution in [3.05, 3.63) is 0 Å². The van der Waals surface area contributed by atoms with Gasteiger partial charge in [-0.3, -0.25) is 5.32 Å². The third-order valence-electron chi connectivity index (χ3n) is 3.52. The molecule has 0 aromatic carbocycles. The second kappa shape index (κ2) is 4.78. The van der Waals surface area contributed by atoms with Gasteiger partial charge < -0.3 is 14.5 Å². The molecule has 2 aliphatic heterocycles. The highest BCUT2D eigenvalue weighted by Gasteiger charge is 2.29. The molecular formula is C11H23N3O. The van der Waals surface area contributed by atoms with E-state index in [2.05, 4.69) is 29.1 Å². The van der Waals surface area contributed by atoms with E-state index in [-0.39, 0.29) is 5.72 Å². The van der Waals surface area contributed by atoms with Crippen molar-refractivity contribution in [3.8, 4) is 0 Å². The Morgan fingerprint density at radius 1 is 1.27 bits per heavy atom. The van der Waals surface area contributed by atoms with Crippen LogP contribution in [0.15, 0.2) is 0 Å². The van der Waals surface area contributed by atoms with Crippen LogP contribution in [-0.2, 0) is 4.74 Å². The SMILES string of the molecule is CN1CCN(CCC2(C)NCCO2)CC1. The molecule has 0 radical (unpaired) electrons. The van der Waals surface area contributed by atoms with E-state index in [0.717, 1.165) is 26.1 Å². The molecule has 1 unspecified atom stereocenters. The Hall–Kier alpha value is -0.160. The van der Waals surface area contributed by atoms with Crippen molar-refractivity contribution in [1.82, 2.24) is 15.1 Å². The molecule has 2 fully saturated rings. The molecule has 88 valence electrons. The van der Waals surface area contributed by atoms with Gasteiger partial charge in [0.05, 0.1) is 6.61 Å². The van der Waals surface area contributed by atoms with E-state index < -0.39 is 0 Å². The zero-order valence-electron chi connectivity index (χ0n) is 9.96. The number of hydrogen-bond donors (Lipinski definition) is 1. The molecule has 2 aliphatic rings. The van der Waals surface area contributed by atoms with E-state index in [9.17, 15) is 0 Å². The number of piperazine rings is 1. The monoisotopic (exact) mass is 213 g/mol. The van der Waals surface area contributed by atoms with Gasteiger partial charge in [-0.05, 0) is 14.0 Å². The molecule has 0 aromatic heterocycles. The van der Waals surface area contributed by atoms with Crippen LogP contribution >= 0.6 is 0 Å². The van der Waals surface area contributed by atoms with Crippen LogP contribution in [0.5, 0.6) is 0 Å². The molecule has 4 heteroatoms. The summed E-state index contributed by atoms with van der Waals surface area (Å²) < 4.78 is 5.70. The fourth-order valence-corrected chi connectivity index (χ4v) is 2.25. The molecule has 2 heterocycles. The third kappa shape index (κ3) is 3.14. The number of nitrogens with one attached hydrogen (secondary N) is 1. The molecule has 0 amide bonds. The van der Waals surface area contributed by atoms with Crippen LogP contribution < -0.4 is 5.32 Å². The maximum absolute atomic E-state index is 5.70. The van der Waals surface area contributed by atoms with Gasteiger partial charge in [0.2, 0.25) is 0 Å². The van der Waals surface area contributed by atoms with Gasteiger partial charge in [-0.15, -0.1) is 0 Å². The first-order chi connectivity index (χ1) is 7.18. The van der Waals surface area contributed by atoms with Crippen molar-refractivity contribution in [2.24, 2.45) is 0 Å². The zero-order chi connectivity index (χ0) is 10.7. The predicted octanol–water partition coefficient (Wildman–Crippen LogP) is -0.0401. The van der Waals surface area contributed by atoms with Crippen molar-refractivity contribution in [2.75, 3.05) is 52.9 Å². The average Bonchev–Trinajstić information content (AvgIpc) is 2.65. The molecule has 2 saturated heterocycles. The Bertz CT molecular complexity index is 196. The fraction of sp³-hybridized carbons (Fsp3) is 1.00. The minimum Gasteiger partial charge on any atom is -0.360 e. The third-order valence-corrected chi connectivity index (χ3v) is 3.52. The van der Waals surface area contributed by atoms with E-state index in [1.807, 2.05) is 0 Å². The summed E-state index contributed by atoms with van der Waals surface area (Å²) in [6, 6.07) is 0. The first-order valence-electron chi connectivity index (χ1n) is 5.98. The van der Waals surface area contributed by atoms with Crippen molar-refractivity contribution < 1.29 is 4.74 Å². The highest BCUT2D eigenvalue weighted by molar-refractivity contribution is 4.80. The molecule has 15 heavy (non-hydrogen) atoms. The molecular weight excluding hydrogens is 190 g/mol. The lowest BCUT2D eigenvalue weighted by Gasteiger charge is -2.34. The number of ether oxygens (including phenoxy) is 1. The van der Waals surface area contributed by atoms with E-state index in [4.69, 9.17) is 4.74 Å². The quantitative estimate of drug-likeness (QED) is 0.712. The van der Waals surface area contributed by atoms with Crippen molar-refractivity contribution >= 4 is 0 Å². The molecule has 1 atom stereocenters. The Balaban J connectivity index is 1.69. The first kappa shape index (κ1) is 11.3. The molecule has 0 saturated carbocycles. The second-order valence-electron chi connectivity index (χ2n) is 4.90. The molecule has 0 spiro atoms. The van der Waals surface area contributed by atoms with E-state index in [1.165, 1.54) is 26.2 Å². The van der Waals surface area contributed by atoms with Crippen LogP contribution in [0.4, 0.5) is 0 Å². The van der Waals surface area contributed by atoms with Crippen LogP contribution in [0.1, 0.15) is 13.3 Å². The molecule has 0 aliphatic carbocycles. The zero-order valence-corrected chi connectivity index (χ0v) is 9.96. The summed E-state index contributed by atoms with van der Waals surface area (Å²) in [4.78, 5) is 4.93. The number of rotatable bonds is 3. The average molecular weight is 213 g/mol. The van der Waals surface area contributed by atoms with Crippen LogP contribution in [0.3, 0.4) is 0 Å². The van der Waals surface area contributed by atoms with Crippen LogP contribution in [-0.4, -0.2) is 68.4 Å². The second-order valence-corrected chi connectivity index (χ2v) is 4.90. The summed E-state index contributed by atoms with van der Waals surface area (Å²) in [5.74, 6) is 0. The minimum absolute atomic E-state index is 0.0661. The van der Waals surface area contributed by atoms with Gasteiger partial charge in [-0.25, -0.2) is 0 Å². The van der Waals surface area contributed by atoms with Crippen LogP contribution in [0.2, 0.25) is 0 Å². The summed E-state index contributed by atoms with van der Waals surface area (Å²) in [5, 5.41) is 3.42. The van der Waals surface area contributed by atoms with E-state index in [1.54, 1.807) is 0 Å². The predicted molar refractivity (Wildman–Crippen MR) is 60.9 cm³/mol. The van der Waals surface area contributed by atoms with Gasteiger partial charge in [0.1, 0.15) is 5.72 Å². The van der Waals surface area contributed by atoms with Crippen LogP contribution in [0, 0.1) is 0 Å². The molecule has 0 aromatic rings. The van der Waals surface area contributed by atoms with Crippen molar-refractivity contribution in [3.63, 3.8) is 0 Å². The number of hydrogen-bond acceptors (Lipinski definition) is 4. The molecule has 1 N–H and O–H groups in total. The summed E-state index contributed by atoms with van der Waals surface area (Å²) in [6.45, 7) is 9.97. The Kier molecular flexibility index (Phi) is 3.61. The van der Waals surface area contributed by atoms with Crippen molar-refractivity contribution in [2.45, 2.75) is 19.1 Å². The fourth-order valence-electron chi connectivity index (χ4n) is 2.25. The van der Waals surface area contributed by atoms with E-state index >= 15 is 0 Å². The summed E-state index contributed by atoms with van der Waals surface area (Å²) >= 11 is 0. The van der Waals surface area contributed by atoms with Gasteiger partial charge in [0.15, 0.2) is 0 Å². The van der Waals surface area contributed by atoms with Crippen molar-refractivity contribution in [1.29, 1.82) is 0 Å². The minimum atomic E-state index is -0.0661. The summed E-state index contributed by atoms with van der Waals surface area (Å²) in [7, 11) is 2.19. The lowest BCUT2D eigenvalue weighted by Crippen LogP contribution is -2.47. The lowest BCUT2D eigenvalue weighted by atomic mass is 10.1. The van der Waals surface area contributed by atoms with Gasteiger partial charge in [0, 0.05) is 45.7 Å². The first-order valence-corrected chi connectivity index (χ1v) is 5.98. The topological polar surface area (TPSA) is 27.7 Å². The highest BCUT2D eigenvalue weighted by Crippen LogP contribution is 2.16. The Morgan fingerprint density at radius 3 is 2.60 bits per heavy atom. The largest absolute Gasteiger partial charge is 0.360 e. The van der Waals surface area contributed by atoms with Gasteiger partial charge in [-0.1, -0.05) is 0 Å². The summed E-state index contributed by atoms with van der Waals surface area (Å²) in [5.41, 5.74) is -0.0661. The molecule has 0 bridgehead atoms. The van der Waals surface area contributed by atoms with Crippen LogP contribution in [0.25, 0.3) is 0 Å². The molecule has 4 nitrogen and oxygen atoms in total. The number of nitrogens with zero attached hydrogens (tertiary/aromatic N) is 2. The Labute approximate surface area is 92.6 Å². The standard InChI is InChI=1S/C11H23N3O/c1-11(12-4-10-15-11)3-5-14-8-6-13(2)7-9-14/h12H,3-10H2,1-2H3. The maximum atomic E-state index is 5.70. The van der Waals surface area contributed by atoms with Gasteiger partial charge in [-0.2, -0.15) is 0 Å². The summed E-state index contributed by atoms with van der Waals surface area (Å²) in [6.07, 6.45) is 1.09. The Morgan fingerprint density at radius 2 is 2.00 bits per heavy atom. The van der Waals surface area contributed by atoms with E-state index in [0.29, 0.717) is 0 Å². The maximum Gasteiger partial charge on any atom is 0.117 e.